The highest BCUT2D eigenvalue weighted by Gasteiger charge is 2.13. The first-order valence-corrected chi connectivity index (χ1v) is 6.13. The van der Waals surface area contributed by atoms with Gasteiger partial charge in [-0.1, -0.05) is 12.2 Å². The van der Waals surface area contributed by atoms with Gasteiger partial charge in [-0.15, -0.1) is 0 Å². The highest BCUT2D eigenvalue weighted by Crippen LogP contribution is 2.27. The number of rotatable bonds is 5. The molecule has 0 radical (unpaired) electrons. The van der Waals surface area contributed by atoms with Crippen molar-refractivity contribution in [1.82, 2.24) is 0 Å². The first-order valence-electron chi connectivity index (χ1n) is 6.13. The fraction of sp³-hybridized carbons (Fsp3) is 0.143. The molecule has 0 aliphatic carbocycles. The van der Waals surface area contributed by atoms with Crippen molar-refractivity contribution in [2.24, 2.45) is 0 Å². The number of hydrogen-bond acceptors (Lipinski definition) is 4. The molecule has 1 rings (SSSR count). The molecule has 0 unspecified atom stereocenters. The number of nitrogens with one attached hydrogen (secondary N) is 2. The molecule has 110 valence electrons. The molecular weight excluding hydrogens is 274 g/mol. The van der Waals surface area contributed by atoms with Crippen molar-refractivity contribution < 1.29 is 14.5 Å². The van der Waals surface area contributed by atoms with Crippen LogP contribution in [-0.2, 0) is 9.59 Å². The molecular formula is C14H15N3O4. The van der Waals surface area contributed by atoms with Crippen LogP contribution in [0.1, 0.15) is 13.8 Å². The van der Waals surface area contributed by atoms with Gasteiger partial charge in [-0.05, 0) is 32.1 Å². The molecule has 0 saturated carbocycles. The maximum absolute atomic E-state index is 11.6. The van der Waals surface area contributed by atoms with Gasteiger partial charge in [0.05, 0.1) is 16.3 Å². The monoisotopic (exact) mass is 289 g/mol. The van der Waals surface area contributed by atoms with E-state index in [4.69, 9.17) is 0 Å². The van der Waals surface area contributed by atoms with E-state index in [0.717, 1.165) is 0 Å². The molecule has 0 fully saturated rings. The minimum atomic E-state index is -0.580. The van der Waals surface area contributed by atoms with Crippen LogP contribution in [0.2, 0.25) is 0 Å². The van der Waals surface area contributed by atoms with Crippen LogP contribution in [0.3, 0.4) is 0 Å². The maximum Gasteiger partial charge on any atom is 0.271 e. The molecule has 2 amide bonds. The number of non-ortho nitro benzene ring substituents is 1. The number of carbonyl (C=O) groups is 2. The Morgan fingerprint density at radius 3 is 2.05 bits per heavy atom. The van der Waals surface area contributed by atoms with Gasteiger partial charge >= 0.3 is 0 Å². The highest BCUT2D eigenvalue weighted by molar-refractivity contribution is 6.06. The normalized spacial score (nSPS) is 10.8. The number of amides is 2. The minimum absolute atomic E-state index is 0.158. The molecule has 7 nitrogen and oxygen atoms in total. The Morgan fingerprint density at radius 1 is 1.05 bits per heavy atom. The van der Waals surface area contributed by atoms with Crippen molar-refractivity contribution in [3.05, 3.63) is 52.6 Å². The van der Waals surface area contributed by atoms with E-state index in [2.05, 4.69) is 10.6 Å². The van der Waals surface area contributed by atoms with Crippen molar-refractivity contribution in [3.63, 3.8) is 0 Å². The van der Waals surface area contributed by atoms with Crippen LogP contribution in [-0.4, -0.2) is 16.7 Å². The Labute approximate surface area is 121 Å². The number of nitro benzene ring substituents is 1. The predicted octanol–water partition coefficient (Wildman–Crippen LogP) is 2.62. The predicted molar refractivity (Wildman–Crippen MR) is 80.0 cm³/mol. The molecule has 0 bridgehead atoms. The Kier molecular flexibility index (Phi) is 5.81. The molecule has 0 heterocycles. The van der Waals surface area contributed by atoms with Crippen LogP contribution in [0.15, 0.2) is 42.5 Å². The highest BCUT2D eigenvalue weighted by atomic mass is 16.6. The Balaban J connectivity index is 3.13. The van der Waals surface area contributed by atoms with E-state index >= 15 is 0 Å². The number of anilines is 2. The smallest absolute Gasteiger partial charge is 0.271 e. The van der Waals surface area contributed by atoms with E-state index in [1.165, 1.54) is 36.4 Å². The molecule has 0 saturated heterocycles. The zero-order chi connectivity index (χ0) is 15.8. The van der Waals surface area contributed by atoms with Gasteiger partial charge < -0.3 is 10.6 Å². The van der Waals surface area contributed by atoms with Gasteiger partial charge in [0.25, 0.3) is 5.69 Å². The third kappa shape index (κ3) is 4.90. The summed E-state index contributed by atoms with van der Waals surface area (Å²) in [5.41, 5.74) is 0.251. The van der Waals surface area contributed by atoms with E-state index in [1.807, 2.05) is 0 Å². The molecule has 0 aliphatic rings. The van der Waals surface area contributed by atoms with E-state index in [-0.39, 0.29) is 17.1 Å². The van der Waals surface area contributed by atoms with E-state index in [1.54, 1.807) is 19.9 Å². The lowest BCUT2D eigenvalue weighted by Crippen LogP contribution is -2.14. The lowest BCUT2D eigenvalue weighted by molar-refractivity contribution is -0.384. The summed E-state index contributed by atoms with van der Waals surface area (Å²) in [6.45, 7) is 3.35. The Hall–Kier alpha value is -2.96. The van der Waals surface area contributed by atoms with E-state index in [9.17, 15) is 19.7 Å². The molecule has 2 N–H and O–H groups in total. The zero-order valence-corrected chi connectivity index (χ0v) is 11.6. The molecule has 7 heteroatoms. The van der Waals surface area contributed by atoms with E-state index < -0.39 is 16.7 Å². The van der Waals surface area contributed by atoms with Crippen molar-refractivity contribution >= 4 is 28.9 Å². The summed E-state index contributed by atoms with van der Waals surface area (Å²) in [5, 5.41) is 15.8. The van der Waals surface area contributed by atoms with Crippen LogP contribution < -0.4 is 10.6 Å². The van der Waals surface area contributed by atoms with Gasteiger partial charge in [-0.25, -0.2) is 0 Å². The molecule has 1 aromatic carbocycles. The SMILES string of the molecule is C/C=C\C(=O)Nc1cc([N+](=O)[O-])ccc1NC(=O)/C=C/C. The number of allylic oxidation sites excluding steroid dienone is 2. The van der Waals surface area contributed by atoms with Gasteiger partial charge in [0.1, 0.15) is 0 Å². The summed E-state index contributed by atoms with van der Waals surface area (Å²) in [6, 6.07) is 3.80. The van der Waals surface area contributed by atoms with Crippen LogP contribution >= 0.6 is 0 Å². The number of benzene rings is 1. The fourth-order valence-corrected chi connectivity index (χ4v) is 1.51. The fourth-order valence-electron chi connectivity index (χ4n) is 1.51. The van der Waals surface area contributed by atoms with Crippen LogP contribution in [0.4, 0.5) is 17.1 Å². The summed E-state index contributed by atoms with van der Waals surface area (Å²) in [5.74, 6) is -0.840. The summed E-state index contributed by atoms with van der Waals surface area (Å²) < 4.78 is 0. The molecule has 1 aromatic rings. The maximum atomic E-state index is 11.6. The largest absolute Gasteiger partial charge is 0.321 e. The molecule has 0 atom stereocenters. The first kappa shape index (κ1) is 16.1. The second-order valence-electron chi connectivity index (χ2n) is 3.97. The summed E-state index contributed by atoms with van der Waals surface area (Å²) >= 11 is 0. The number of hydrogen-bond donors (Lipinski definition) is 2. The lowest BCUT2D eigenvalue weighted by atomic mass is 10.2. The summed E-state index contributed by atoms with van der Waals surface area (Å²) in [6.07, 6.45) is 5.67. The third-order valence-electron chi connectivity index (χ3n) is 2.37. The number of nitrogens with zero attached hydrogens (tertiary/aromatic N) is 1. The second-order valence-corrected chi connectivity index (χ2v) is 3.97. The van der Waals surface area contributed by atoms with E-state index in [0.29, 0.717) is 0 Å². The van der Waals surface area contributed by atoms with Crippen molar-refractivity contribution in [1.29, 1.82) is 0 Å². The molecule has 0 spiro atoms. The van der Waals surface area contributed by atoms with Crippen LogP contribution in [0, 0.1) is 10.1 Å². The quantitative estimate of drug-likeness (QED) is 0.494. The minimum Gasteiger partial charge on any atom is -0.321 e. The van der Waals surface area contributed by atoms with Gasteiger partial charge in [0.15, 0.2) is 0 Å². The van der Waals surface area contributed by atoms with Gasteiger partial charge in [-0.2, -0.15) is 0 Å². The zero-order valence-electron chi connectivity index (χ0n) is 11.6. The molecule has 21 heavy (non-hydrogen) atoms. The van der Waals surface area contributed by atoms with Crippen molar-refractivity contribution in [2.45, 2.75) is 13.8 Å². The summed E-state index contributed by atoms with van der Waals surface area (Å²) in [4.78, 5) is 33.3. The molecule has 0 aromatic heterocycles. The number of nitro groups is 1. The van der Waals surface area contributed by atoms with Crippen molar-refractivity contribution in [3.8, 4) is 0 Å². The molecule has 0 aliphatic heterocycles. The average molecular weight is 289 g/mol. The Bertz CT molecular complexity index is 621. The first-order chi connectivity index (χ1) is 9.97. The van der Waals surface area contributed by atoms with Gasteiger partial charge in [0, 0.05) is 12.1 Å². The van der Waals surface area contributed by atoms with Crippen LogP contribution in [0.25, 0.3) is 0 Å². The lowest BCUT2D eigenvalue weighted by Gasteiger charge is -2.10. The van der Waals surface area contributed by atoms with Gasteiger partial charge in [0.2, 0.25) is 11.8 Å². The van der Waals surface area contributed by atoms with Crippen LogP contribution in [0.5, 0.6) is 0 Å². The standard InChI is InChI=1S/C14H15N3O4/c1-3-5-13(18)15-11-8-7-10(17(20)21)9-12(11)16-14(19)6-4-2/h3-9H,1-2H3,(H,15,18)(H,16,19)/b5-3+,6-4-. The van der Waals surface area contributed by atoms with Gasteiger partial charge in [-0.3, -0.25) is 19.7 Å². The van der Waals surface area contributed by atoms with Crippen molar-refractivity contribution in [2.75, 3.05) is 10.6 Å². The second kappa shape index (κ2) is 7.59. The topological polar surface area (TPSA) is 101 Å². The number of carbonyl (C=O) groups excluding carboxylic acids is 2. The summed E-state index contributed by atoms with van der Waals surface area (Å²) in [7, 11) is 0. The third-order valence-corrected chi connectivity index (χ3v) is 2.37. The average Bonchev–Trinajstić information content (AvgIpc) is 2.41. The Morgan fingerprint density at radius 2 is 1.57 bits per heavy atom.